The highest BCUT2D eigenvalue weighted by Crippen LogP contribution is 2.43. The lowest BCUT2D eigenvalue weighted by molar-refractivity contribution is 0.0447. The zero-order valence-electron chi connectivity index (χ0n) is 25.1. The van der Waals surface area contributed by atoms with Crippen molar-refractivity contribution in [3.8, 4) is 22.9 Å². The predicted molar refractivity (Wildman–Crippen MR) is 164 cm³/mol. The molecule has 0 saturated carbocycles. The second-order valence-electron chi connectivity index (χ2n) is 13.0. The minimum Gasteiger partial charge on any atom is -0.508 e. The van der Waals surface area contributed by atoms with Gasteiger partial charge in [0.2, 0.25) is 0 Å². The van der Waals surface area contributed by atoms with E-state index in [9.17, 15) is 14.6 Å². The standard InChI is InChI=1S/C34H37F3N4O3/c1-3-22-25(35)8-7-20-15-21(42)16-23(27(20)22)28-26(36)17-24-30(29(28)37)38-32(39-31(24)40-12-4-9-33(2,43)18-40)44-19-34-10-5-13-41(34)14-6-11-34/h7-8,15-17,42-43H,3-6,9-14,18-19H2,1-2H3/t33-/m1/s1. The fourth-order valence-corrected chi connectivity index (χ4v) is 7.82. The molecule has 4 aromatic rings. The zero-order chi connectivity index (χ0) is 30.8. The van der Waals surface area contributed by atoms with Gasteiger partial charge in [-0.05, 0) is 111 Å². The van der Waals surface area contributed by atoms with Gasteiger partial charge in [0.15, 0.2) is 5.82 Å². The van der Waals surface area contributed by atoms with E-state index in [1.54, 1.807) is 13.8 Å². The third-order valence-electron chi connectivity index (χ3n) is 9.87. The summed E-state index contributed by atoms with van der Waals surface area (Å²) in [5.41, 5.74) is -1.29. The molecule has 7 rings (SSSR count). The summed E-state index contributed by atoms with van der Waals surface area (Å²) in [5, 5.41) is 22.4. The van der Waals surface area contributed by atoms with Gasteiger partial charge in [-0.25, -0.2) is 13.2 Å². The predicted octanol–water partition coefficient (Wildman–Crippen LogP) is 6.49. The number of anilines is 1. The number of β-amino-alcohol motifs (C(OH)–C–C–N with tert-alkyl or cyclic N) is 1. The lowest BCUT2D eigenvalue weighted by Gasteiger charge is -2.38. The summed E-state index contributed by atoms with van der Waals surface area (Å²) in [7, 11) is 0. The van der Waals surface area contributed by atoms with Crippen molar-refractivity contribution in [3.05, 3.63) is 53.3 Å². The van der Waals surface area contributed by atoms with Crippen molar-refractivity contribution in [3.63, 3.8) is 0 Å². The van der Waals surface area contributed by atoms with Crippen molar-refractivity contribution in [2.75, 3.05) is 37.7 Å². The van der Waals surface area contributed by atoms with Crippen LogP contribution in [0.3, 0.4) is 0 Å². The van der Waals surface area contributed by atoms with Crippen LogP contribution in [0.5, 0.6) is 11.8 Å². The van der Waals surface area contributed by atoms with Crippen LogP contribution >= 0.6 is 0 Å². The number of halogens is 3. The van der Waals surface area contributed by atoms with Gasteiger partial charge in [-0.2, -0.15) is 9.97 Å². The van der Waals surface area contributed by atoms with E-state index in [1.165, 1.54) is 30.3 Å². The first-order valence-corrected chi connectivity index (χ1v) is 15.6. The van der Waals surface area contributed by atoms with Crippen LogP contribution in [0.1, 0.15) is 57.9 Å². The number of fused-ring (bicyclic) bond motifs is 3. The second kappa shape index (κ2) is 10.8. The number of benzene rings is 3. The molecule has 3 fully saturated rings. The molecule has 3 aromatic carbocycles. The Hall–Kier alpha value is -3.63. The third-order valence-corrected chi connectivity index (χ3v) is 9.87. The highest BCUT2D eigenvalue weighted by atomic mass is 19.1. The Morgan fingerprint density at radius 3 is 2.43 bits per heavy atom. The van der Waals surface area contributed by atoms with Crippen LogP contribution in [0.15, 0.2) is 30.3 Å². The SMILES string of the molecule is CCc1c(F)ccc2cc(O)cc(-c3c(F)cc4c(N5CCC[C@@](C)(O)C5)nc(OCC56CCCN5CCC6)nc4c3F)c12. The van der Waals surface area contributed by atoms with E-state index in [0.29, 0.717) is 48.1 Å². The first-order chi connectivity index (χ1) is 21.1. The minimum atomic E-state index is -0.998. The number of nitrogens with zero attached hydrogens (tertiary/aromatic N) is 4. The first kappa shape index (κ1) is 29.1. The lowest BCUT2D eigenvalue weighted by Crippen LogP contribution is -2.46. The molecule has 1 atom stereocenters. The lowest BCUT2D eigenvalue weighted by atomic mass is 9.91. The molecule has 0 unspecified atom stereocenters. The number of aromatic nitrogens is 2. The largest absolute Gasteiger partial charge is 0.508 e. The topological polar surface area (TPSA) is 82.0 Å². The second-order valence-corrected chi connectivity index (χ2v) is 13.0. The Balaban J connectivity index is 1.42. The van der Waals surface area contributed by atoms with Crippen molar-refractivity contribution < 1.29 is 28.1 Å². The maximum absolute atomic E-state index is 16.8. The third kappa shape index (κ3) is 4.83. The number of aromatic hydroxyl groups is 1. The van der Waals surface area contributed by atoms with Gasteiger partial charge in [0.25, 0.3) is 0 Å². The highest BCUT2D eigenvalue weighted by molar-refractivity contribution is 6.03. The molecule has 0 aliphatic carbocycles. The molecule has 3 aliphatic heterocycles. The molecule has 3 aliphatic rings. The molecule has 0 bridgehead atoms. The van der Waals surface area contributed by atoms with Gasteiger partial charge in [0.1, 0.15) is 35.3 Å². The molecular weight excluding hydrogens is 569 g/mol. The molecule has 3 saturated heterocycles. The van der Waals surface area contributed by atoms with Crippen LogP contribution in [0.25, 0.3) is 32.8 Å². The quantitative estimate of drug-likeness (QED) is 0.260. The van der Waals surface area contributed by atoms with Gasteiger partial charge in [0, 0.05) is 18.5 Å². The van der Waals surface area contributed by atoms with E-state index in [1.807, 2.05) is 4.90 Å². The van der Waals surface area contributed by atoms with Crippen molar-refractivity contribution in [2.45, 2.75) is 69.9 Å². The van der Waals surface area contributed by atoms with Crippen molar-refractivity contribution in [2.24, 2.45) is 0 Å². The number of piperidine rings is 1. The number of aryl methyl sites for hydroxylation is 1. The Morgan fingerprint density at radius 2 is 1.70 bits per heavy atom. The number of hydrogen-bond acceptors (Lipinski definition) is 7. The molecule has 44 heavy (non-hydrogen) atoms. The van der Waals surface area contributed by atoms with E-state index in [4.69, 9.17) is 4.74 Å². The van der Waals surface area contributed by atoms with Gasteiger partial charge in [-0.3, -0.25) is 4.90 Å². The van der Waals surface area contributed by atoms with Crippen LogP contribution in [0, 0.1) is 17.5 Å². The van der Waals surface area contributed by atoms with E-state index in [-0.39, 0.29) is 46.7 Å². The van der Waals surface area contributed by atoms with E-state index >= 15 is 8.78 Å². The summed E-state index contributed by atoms with van der Waals surface area (Å²) in [5.74, 6) is -2.22. The summed E-state index contributed by atoms with van der Waals surface area (Å²) in [6.45, 7) is 6.69. The molecule has 0 spiro atoms. The Morgan fingerprint density at radius 1 is 0.955 bits per heavy atom. The van der Waals surface area contributed by atoms with Crippen LogP contribution in [-0.2, 0) is 6.42 Å². The van der Waals surface area contributed by atoms with Crippen LogP contribution in [0.2, 0.25) is 0 Å². The molecular formula is C34H37F3N4O3. The summed E-state index contributed by atoms with van der Waals surface area (Å²) in [6.07, 6.45) is 5.76. The Bertz CT molecular complexity index is 1770. The average Bonchev–Trinajstić information content (AvgIpc) is 3.56. The van der Waals surface area contributed by atoms with Gasteiger partial charge < -0.3 is 19.8 Å². The number of phenols is 1. The van der Waals surface area contributed by atoms with Crippen molar-refractivity contribution in [1.29, 1.82) is 0 Å². The van der Waals surface area contributed by atoms with E-state index in [0.717, 1.165) is 38.8 Å². The van der Waals surface area contributed by atoms with Crippen LogP contribution in [0.4, 0.5) is 19.0 Å². The Kier molecular flexibility index (Phi) is 7.12. The minimum absolute atomic E-state index is 0.0108. The summed E-state index contributed by atoms with van der Waals surface area (Å²) in [4.78, 5) is 13.5. The van der Waals surface area contributed by atoms with Crippen molar-refractivity contribution >= 4 is 27.5 Å². The van der Waals surface area contributed by atoms with Crippen LogP contribution in [-0.4, -0.2) is 69.0 Å². The van der Waals surface area contributed by atoms with E-state index in [2.05, 4.69) is 14.9 Å². The zero-order valence-corrected chi connectivity index (χ0v) is 25.1. The highest BCUT2D eigenvalue weighted by Gasteiger charge is 2.45. The number of rotatable bonds is 6. The number of phenolic OH excluding ortho intramolecular Hbond substituents is 1. The fourth-order valence-electron chi connectivity index (χ4n) is 7.82. The molecule has 0 amide bonds. The Labute approximate surface area is 254 Å². The van der Waals surface area contributed by atoms with Gasteiger partial charge in [-0.1, -0.05) is 13.0 Å². The summed E-state index contributed by atoms with van der Waals surface area (Å²) >= 11 is 0. The smallest absolute Gasteiger partial charge is 0.319 e. The molecule has 7 nitrogen and oxygen atoms in total. The first-order valence-electron chi connectivity index (χ1n) is 15.6. The van der Waals surface area contributed by atoms with Gasteiger partial charge in [0.05, 0.1) is 16.7 Å². The molecule has 2 N–H and O–H groups in total. The summed E-state index contributed by atoms with van der Waals surface area (Å²) in [6, 6.07) is 6.70. The maximum Gasteiger partial charge on any atom is 0.319 e. The van der Waals surface area contributed by atoms with Crippen molar-refractivity contribution in [1.82, 2.24) is 14.9 Å². The molecule has 232 valence electrons. The van der Waals surface area contributed by atoms with Gasteiger partial charge >= 0.3 is 6.01 Å². The normalized spacial score (nSPS) is 21.8. The molecule has 4 heterocycles. The van der Waals surface area contributed by atoms with E-state index < -0.39 is 28.6 Å². The van der Waals surface area contributed by atoms with Gasteiger partial charge in [-0.15, -0.1) is 0 Å². The number of ether oxygens (including phenoxy) is 1. The number of aliphatic hydroxyl groups is 1. The van der Waals surface area contributed by atoms with Crippen LogP contribution < -0.4 is 9.64 Å². The molecule has 0 radical (unpaired) electrons. The average molecular weight is 607 g/mol. The maximum atomic E-state index is 16.8. The molecule has 1 aromatic heterocycles. The molecule has 10 heteroatoms. The number of hydrogen-bond donors (Lipinski definition) is 2. The monoisotopic (exact) mass is 606 g/mol. The summed E-state index contributed by atoms with van der Waals surface area (Å²) < 4.78 is 54.2. The fraction of sp³-hybridized carbons (Fsp3) is 0.471.